The molecule has 112 valence electrons. The normalized spacial score (nSPS) is 15.3. The van der Waals surface area contributed by atoms with Crippen LogP contribution in [0.5, 0.6) is 0 Å². The summed E-state index contributed by atoms with van der Waals surface area (Å²) in [4.78, 5) is 25.4. The molecule has 8 nitrogen and oxygen atoms in total. The van der Waals surface area contributed by atoms with Crippen molar-refractivity contribution in [3.05, 3.63) is 22.1 Å². The Balaban J connectivity index is 0.00000200. The van der Waals surface area contributed by atoms with Crippen molar-refractivity contribution < 1.29 is 9.72 Å². The number of nitrogens with one attached hydrogen (secondary N) is 1. The molecule has 1 amide bonds. The molecule has 0 aliphatic heterocycles. The Morgan fingerprint density at radius 3 is 2.85 bits per heavy atom. The van der Waals surface area contributed by atoms with Gasteiger partial charge in [-0.2, -0.15) is 0 Å². The standard InChI is InChI=1S/C11H17N5O3.ClH/c1-7-14-10(16(18)19)5-15(7)6-11(17)13-4-9(12)8-2-3-8;/h5,8-9H,2-4,6,12H2,1H3,(H,13,17);1H. The van der Waals surface area contributed by atoms with E-state index in [1.54, 1.807) is 6.92 Å². The van der Waals surface area contributed by atoms with Gasteiger partial charge in [-0.15, -0.1) is 12.4 Å². The van der Waals surface area contributed by atoms with Gasteiger partial charge >= 0.3 is 5.82 Å². The smallest absolute Gasteiger partial charge is 0.358 e. The molecule has 20 heavy (non-hydrogen) atoms. The number of amides is 1. The van der Waals surface area contributed by atoms with E-state index in [1.165, 1.54) is 10.8 Å². The molecular formula is C11H18ClN5O3. The van der Waals surface area contributed by atoms with Crippen LogP contribution in [0, 0.1) is 23.0 Å². The van der Waals surface area contributed by atoms with Gasteiger partial charge in [0.05, 0.1) is 0 Å². The highest BCUT2D eigenvalue weighted by molar-refractivity contribution is 5.85. The van der Waals surface area contributed by atoms with Gasteiger partial charge < -0.3 is 21.2 Å². The van der Waals surface area contributed by atoms with Gasteiger partial charge in [0.2, 0.25) is 11.7 Å². The largest absolute Gasteiger partial charge is 0.381 e. The zero-order valence-corrected chi connectivity index (χ0v) is 11.9. The van der Waals surface area contributed by atoms with Crippen LogP contribution in [0.15, 0.2) is 6.20 Å². The molecule has 1 unspecified atom stereocenters. The molecule has 9 heteroatoms. The average Bonchev–Trinajstić information content (AvgIpc) is 3.12. The third-order valence-electron chi connectivity index (χ3n) is 3.23. The number of hydrogen-bond acceptors (Lipinski definition) is 5. The van der Waals surface area contributed by atoms with Crippen LogP contribution in [0.1, 0.15) is 18.7 Å². The minimum atomic E-state index is -0.579. The molecule has 0 spiro atoms. The number of carbonyl (C=O) groups is 1. The molecule has 3 N–H and O–H groups in total. The molecule has 0 radical (unpaired) electrons. The maximum Gasteiger partial charge on any atom is 0.381 e. The van der Waals surface area contributed by atoms with Crippen LogP contribution in [0.25, 0.3) is 0 Å². The highest BCUT2D eigenvalue weighted by Gasteiger charge is 2.28. The third kappa shape index (κ3) is 4.17. The summed E-state index contributed by atoms with van der Waals surface area (Å²) in [5.74, 6) is 0.496. The van der Waals surface area contributed by atoms with Crippen molar-refractivity contribution in [2.45, 2.75) is 32.4 Å². The van der Waals surface area contributed by atoms with Crippen LogP contribution in [0.3, 0.4) is 0 Å². The summed E-state index contributed by atoms with van der Waals surface area (Å²) in [5.41, 5.74) is 5.87. The lowest BCUT2D eigenvalue weighted by molar-refractivity contribution is -0.389. The van der Waals surface area contributed by atoms with Gasteiger partial charge in [-0.25, -0.2) is 0 Å². The number of aryl methyl sites for hydroxylation is 1. The third-order valence-corrected chi connectivity index (χ3v) is 3.23. The van der Waals surface area contributed by atoms with Crippen molar-refractivity contribution in [2.24, 2.45) is 11.7 Å². The summed E-state index contributed by atoms with van der Waals surface area (Å²) in [6.45, 7) is 2.08. The molecule has 1 aliphatic carbocycles. The van der Waals surface area contributed by atoms with E-state index < -0.39 is 4.92 Å². The summed E-state index contributed by atoms with van der Waals surface area (Å²) < 4.78 is 1.45. The predicted octanol–water partition coefficient (Wildman–Crippen LogP) is 0.375. The van der Waals surface area contributed by atoms with Gasteiger partial charge in [0, 0.05) is 19.5 Å². The Morgan fingerprint density at radius 2 is 2.35 bits per heavy atom. The monoisotopic (exact) mass is 303 g/mol. The van der Waals surface area contributed by atoms with E-state index in [4.69, 9.17) is 5.73 Å². The van der Waals surface area contributed by atoms with E-state index in [2.05, 4.69) is 10.3 Å². The first kappa shape index (κ1) is 16.4. The van der Waals surface area contributed by atoms with Crippen LogP contribution in [-0.4, -0.2) is 33.0 Å². The number of nitro groups is 1. The molecule has 2 rings (SSSR count). The molecule has 1 heterocycles. The van der Waals surface area contributed by atoms with E-state index in [9.17, 15) is 14.9 Å². The number of nitrogens with two attached hydrogens (primary N) is 1. The number of nitrogens with zero attached hydrogens (tertiary/aromatic N) is 3. The van der Waals surface area contributed by atoms with E-state index in [-0.39, 0.29) is 36.7 Å². The second-order valence-electron chi connectivity index (χ2n) is 4.84. The lowest BCUT2D eigenvalue weighted by atomic mass is 10.2. The summed E-state index contributed by atoms with van der Waals surface area (Å²) in [7, 11) is 0. The molecule has 0 aromatic carbocycles. The van der Waals surface area contributed by atoms with Gasteiger partial charge in [0.25, 0.3) is 0 Å². The highest BCUT2D eigenvalue weighted by atomic mass is 35.5. The van der Waals surface area contributed by atoms with Gasteiger partial charge in [0.1, 0.15) is 12.7 Å². The van der Waals surface area contributed by atoms with Crippen LogP contribution < -0.4 is 11.1 Å². The van der Waals surface area contributed by atoms with E-state index in [0.29, 0.717) is 18.3 Å². The first-order valence-corrected chi connectivity index (χ1v) is 6.18. The van der Waals surface area contributed by atoms with Crippen LogP contribution in [0.2, 0.25) is 0 Å². The number of aromatic nitrogens is 2. The van der Waals surface area contributed by atoms with Crippen molar-refractivity contribution in [3.63, 3.8) is 0 Å². The predicted molar refractivity (Wildman–Crippen MR) is 74.6 cm³/mol. The molecule has 1 atom stereocenters. The van der Waals surface area contributed by atoms with E-state index in [0.717, 1.165) is 12.8 Å². The van der Waals surface area contributed by atoms with Crippen molar-refractivity contribution in [2.75, 3.05) is 6.54 Å². The second kappa shape index (κ2) is 6.67. The van der Waals surface area contributed by atoms with Crippen molar-refractivity contribution in [1.29, 1.82) is 0 Å². The molecule has 1 fully saturated rings. The summed E-state index contributed by atoms with van der Waals surface area (Å²) in [6, 6.07) is 0.00201. The highest BCUT2D eigenvalue weighted by Crippen LogP contribution is 2.31. The lowest BCUT2D eigenvalue weighted by Gasteiger charge is -2.11. The van der Waals surface area contributed by atoms with E-state index >= 15 is 0 Å². The summed E-state index contributed by atoms with van der Waals surface area (Å²) in [5, 5.41) is 13.3. The average molecular weight is 304 g/mol. The second-order valence-corrected chi connectivity index (χ2v) is 4.84. The fourth-order valence-corrected chi connectivity index (χ4v) is 1.87. The van der Waals surface area contributed by atoms with Gasteiger partial charge in [0.15, 0.2) is 0 Å². The summed E-state index contributed by atoms with van der Waals surface area (Å²) in [6.07, 6.45) is 3.52. The maximum absolute atomic E-state index is 11.7. The van der Waals surface area contributed by atoms with E-state index in [1.807, 2.05) is 0 Å². The van der Waals surface area contributed by atoms with Crippen molar-refractivity contribution in [1.82, 2.24) is 14.9 Å². The Labute approximate surface area is 122 Å². The number of rotatable bonds is 6. The van der Waals surface area contributed by atoms with Crippen LogP contribution >= 0.6 is 12.4 Å². The minimum Gasteiger partial charge on any atom is -0.358 e. The number of hydrogen-bond donors (Lipinski definition) is 2. The molecule has 1 saturated carbocycles. The number of halogens is 1. The zero-order chi connectivity index (χ0) is 14.0. The molecule has 0 bridgehead atoms. The quantitative estimate of drug-likeness (QED) is 0.582. The van der Waals surface area contributed by atoms with Crippen molar-refractivity contribution in [3.8, 4) is 0 Å². The lowest BCUT2D eigenvalue weighted by Crippen LogP contribution is -2.39. The fraction of sp³-hybridized carbons (Fsp3) is 0.636. The first-order chi connectivity index (χ1) is 8.97. The Kier molecular flexibility index (Phi) is 5.46. The molecule has 0 saturated heterocycles. The number of imidazole rings is 1. The Hall–Kier alpha value is -1.67. The van der Waals surface area contributed by atoms with Gasteiger partial charge in [-0.1, -0.05) is 0 Å². The van der Waals surface area contributed by atoms with Crippen LogP contribution in [0.4, 0.5) is 5.82 Å². The maximum atomic E-state index is 11.7. The summed E-state index contributed by atoms with van der Waals surface area (Å²) >= 11 is 0. The fourth-order valence-electron chi connectivity index (χ4n) is 1.87. The Bertz CT molecular complexity index is 500. The van der Waals surface area contributed by atoms with Crippen LogP contribution in [-0.2, 0) is 11.3 Å². The van der Waals surface area contributed by atoms with Crippen molar-refractivity contribution >= 4 is 24.1 Å². The Morgan fingerprint density at radius 1 is 1.70 bits per heavy atom. The van der Waals surface area contributed by atoms with Gasteiger partial charge in [-0.3, -0.25) is 9.36 Å². The molecule has 1 aromatic rings. The zero-order valence-electron chi connectivity index (χ0n) is 11.1. The molecule has 1 aliphatic rings. The minimum absolute atomic E-state index is 0. The SMILES string of the molecule is Cc1nc([N+](=O)[O-])cn1CC(=O)NCC(N)C1CC1.Cl. The number of carbonyl (C=O) groups excluding carboxylic acids is 1. The molecular weight excluding hydrogens is 286 g/mol. The molecule has 1 aromatic heterocycles. The van der Waals surface area contributed by atoms with Gasteiger partial charge in [-0.05, 0) is 28.7 Å². The topological polar surface area (TPSA) is 116 Å². The first-order valence-electron chi connectivity index (χ1n) is 6.18.